The van der Waals surface area contributed by atoms with Crippen molar-refractivity contribution in [1.82, 2.24) is 0 Å². The van der Waals surface area contributed by atoms with Crippen LogP contribution in [0.5, 0.6) is 0 Å². The van der Waals surface area contributed by atoms with Gasteiger partial charge in [0.15, 0.2) is 0 Å². The molecule has 3 aliphatic carbocycles. The Balaban J connectivity index is 1.92. The summed E-state index contributed by atoms with van der Waals surface area (Å²) in [5.41, 5.74) is 0. The largest absolute Gasteiger partial charge is 0.481 e. The standard InChI is InChI=1S/C21H38O2/c22-21(23)17-20-14-8-6-4-2-1-3-5-7-11-18-12-9-15-19(20)16-10-13-18/h18-20H,1-17H2,(H,22,23). The molecule has 1 atom stereocenters. The number of hydrogen-bond donors (Lipinski definition) is 1. The van der Waals surface area contributed by atoms with Gasteiger partial charge in [0.2, 0.25) is 0 Å². The SMILES string of the molecule is O=C(O)CC1CCCCCCCCCCC2CCCC1CCC2. The van der Waals surface area contributed by atoms with E-state index in [0.717, 1.165) is 12.3 Å². The molecular formula is C21H38O2. The predicted octanol–water partition coefficient (Wildman–Crippen LogP) is 6.58. The number of fused-ring (bicyclic) bond motifs is 14. The van der Waals surface area contributed by atoms with Crippen LogP contribution < -0.4 is 0 Å². The van der Waals surface area contributed by atoms with Gasteiger partial charge in [0, 0.05) is 6.42 Å². The van der Waals surface area contributed by atoms with E-state index >= 15 is 0 Å². The summed E-state index contributed by atoms with van der Waals surface area (Å²) >= 11 is 0. The van der Waals surface area contributed by atoms with Crippen molar-refractivity contribution in [3.63, 3.8) is 0 Å². The Morgan fingerprint density at radius 3 is 1.70 bits per heavy atom. The van der Waals surface area contributed by atoms with Gasteiger partial charge in [0.25, 0.3) is 0 Å². The number of rotatable bonds is 2. The highest BCUT2D eigenvalue weighted by Crippen LogP contribution is 2.36. The Labute approximate surface area is 143 Å². The van der Waals surface area contributed by atoms with Crippen LogP contribution in [0.2, 0.25) is 0 Å². The van der Waals surface area contributed by atoms with Crippen molar-refractivity contribution in [2.75, 3.05) is 0 Å². The van der Waals surface area contributed by atoms with Crippen LogP contribution in [-0.4, -0.2) is 11.1 Å². The number of aliphatic carboxylic acids is 1. The van der Waals surface area contributed by atoms with Crippen LogP contribution in [0.4, 0.5) is 0 Å². The summed E-state index contributed by atoms with van der Waals surface area (Å²) in [5, 5.41) is 9.30. The van der Waals surface area contributed by atoms with Crippen LogP contribution in [0.15, 0.2) is 0 Å². The molecule has 0 amide bonds. The molecule has 3 saturated carbocycles. The number of carbonyl (C=O) groups is 1. The second-order valence-electron chi connectivity index (χ2n) is 8.25. The van der Waals surface area contributed by atoms with Crippen molar-refractivity contribution >= 4 is 5.97 Å². The smallest absolute Gasteiger partial charge is 0.303 e. The summed E-state index contributed by atoms with van der Waals surface area (Å²) in [5.74, 6) is 1.50. The molecule has 0 aliphatic heterocycles. The van der Waals surface area contributed by atoms with E-state index in [1.54, 1.807) is 0 Å². The van der Waals surface area contributed by atoms with Gasteiger partial charge in [0.05, 0.1) is 0 Å². The highest BCUT2D eigenvalue weighted by molar-refractivity contribution is 5.67. The second-order valence-corrected chi connectivity index (χ2v) is 8.25. The minimum Gasteiger partial charge on any atom is -0.481 e. The maximum atomic E-state index is 11.3. The molecule has 3 rings (SSSR count). The average Bonchev–Trinajstić information content (AvgIpc) is 2.48. The maximum absolute atomic E-state index is 11.3. The zero-order valence-electron chi connectivity index (χ0n) is 15.1. The molecular weight excluding hydrogens is 284 g/mol. The van der Waals surface area contributed by atoms with Crippen LogP contribution in [0.1, 0.15) is 109 Å². The van der Waals surface area contributed by atoms with E-state index in [1.165, 1.54) is 96.3 Å². The number of carboxylic acids is 1. The average molecular weight is 323 g/mol. The number of carboxylic acid groups (broad SMARTS) is 1. The lowest BCUT2D eigenvalue weighted by Crippen LogP contribution is -2.21. The summed E-state index contributed by atoms with van der Waals surface area (Å²) in [7, 11) is 0. The lowest BCUT2D eigenvalue weighted by Gasteiger charge is -2.30. The van der Waals surface area contributed by atoms with Gasteiger partial charge in [0.1, 0.15) is 0 Å². The molecule has 1 unspecified atom stereocenters. The molecule has 2 nitrogen and oxygen atoms in total. The molecule has 0 aromatic heterocycles. The van der Waals surface area contributed by atoms with Crippen molar-refractivity contribution in [2.24, 2.45) is 17.8 Å². The Kier molecular flexibility index (Phi) is 9.07. The van der Waals surface area contributed by atoms with E-state index in [4.69, 9.17) is 0 Å². The minimum absolute atomic E-state index is 0.411. The van der Waals surface area contributed by atoms with Crippen molar-refractivity contribution in [3.8, 4) is 0 Å². The highest BCUT2D eigenvalue weighted by Gasteiger charge is 2.25. The lowest BCUT2D eigenvalue weighted by molar-refractivity contribution is -0.138. The minimum atomic E-state index is -0.579. The molecule has 0 aromatic carbocycles. The summed E-state index contributed by atoms with van der Waals surface area (Å²) in [4.78, 5) is 11.3. The first-order chi connectivity index (χ1) is 11.3. The Morgan fingerprint density at radius 2 is 1.13 bits per heavy atom. The van der Waals surface area contributed by atoms with E-state index in [0.29, 0.717) is 18.3 Å². The first kappa shape index (κ1) is 18.8. The zero-order chi connectivity index (χ0) is 16.3. The van der Waals surface area contributed by atoms with Crippen molar-refractivity contribution in [1.29, 1.82) is 0 Å². The van der Waals surface area contributed by atoms with Crippen molar-refractivity contribution in [2.45, 2.75) is 109 Å². The van der Waals surface area contributed by atoms with Gasteiger partial charge in [-0.05, 0) is 24.2 Å². The van der Waals surface area contributed by atoms with E-state index < -0.39 is 5.97 Å². The summed E-state index contributed by atoms with van der Waals surface area (Å²) in [6.07, 6.45) is 22.1. The Bertz CT molecular complexity index is 316. The van der Waals surface area contributed by atoms with Crippen LogP contribution >= 0.6 is 0 Å². The third-order valence-electron chi connectivity index (χ3n) is 6.42. The van der Waals surface area contributed by atoms with Crippen LogP contribution in [0, 0.1) is 17.8 Å². The topological polar surface area (TPSA) is 37.3 Å². The first-order valence-electron chi connectivity index (χ1n) is 10.5. The van der Waals surface area contributed by atoms with E-state index in [2.05, 4.69) is 0 Å². The molecule has 0 radical (unpaired) electrons. The molecule has 23 heavy (non-hydrogen) atoms. The van der Waals surface area contributed by atoms with Crippen LogP contribution in [0.25, 0.3) is 0 Å². The maximum Gasteiger partial charge on any atom is 0.303 e. The normalized spacial score (nSPS) is 32.3. The molecule has 0 saturated heterocycles. The Morgan fingerprint density at radius 1 is 0.652 bits per heavy atom. The fourth-order valence-electron chi connectivity index (χ4n) is 5.02. The molecule has 0 heterocycles. The second kappa shape index (κ2) is 11.1. The fourth-order valence-corrected chi connectivity index (χ4v) is 5.02. The van der Waals surface area contributed by atoms with Crippen molar-refractivity contribution < 1.29 is 9.90 Å². The molecule has 0 spiro atoms. The van der Waals surface area contributed by atoms with Gasteiger partial charge < -0.3 is 5.11 Å². The van der Waals surface area contributed by atoms with Crippen molar-refractivity contribution in [3.05, 3.63) is 0 Å². The highest BCUT2D eigenvalue weighted by atomic mass is 16.4. The van der Waals surface area contributed by atoms with E-state index in [-0.39, 0.29) is 0 Å². The monoisotopic (exact) mass is 322 g/mol. The zero-order valence-corrected chi connectivity index (χ0v) is 15.1. The van der Waals surface area contributed by atoms with Gasteiger partial charge in [-0.3, -0.25) is 4.79 Å². The molecule has 0 aromatic rings. The molecule has 2 heteroatoms. The lowest BCUT2D eigenvalue weighted by atomic mass is 9.75. The molecule has 134 valence electrons. The predicted molar refractivity (Wildman–Crippen MR) is 96.6 cm³/mol. The molecule has 3 aliphatic rings. The molecule has 2 bridgehead atoms. The third-order valence-corrected chi connectivity index (χ3v) is 6.42. The van der Waals surface area contributed by atoms with Gasteiger partial charge in [-0.25, -0.2) is 0 Å². The van der Waals surface area contributed by atoms with Gasteiger partial charge in [-0.15, -0.1) is 0 Å². The quantitative estimate of drug-likeness (QED) is 0.623. The summed E-state index contributed by atoms with van der Waals surface area (Å²) < 4.78 is 0. The van der Waals surface area contributed by atoms with E-state index in [1.807, 2.05) is 0 Å². The fraction of sp³-hybridized carbons (Fsp3) is 0.952. The third kappa shape index (κ3) is 7.72. The van der Waals surface area contributed by atoms with Crippen LogP contribution in [-0.2, 0) is 4.79 Å². The van der Waals surface area contributed by atoms with Crippen LogP contribution in [0.3, 0.4) is 0 Å². The van der Waals surface area contributed by atoms with Gasteiger partial charge in [-0.1, -0.05) is 96.3 Å². The van der Waals surface area contributed by atoms with Gasteiger partial charge in [-0.2, -0.15) is 0 Å². The first-order valence-corrected chi connectivity index (χ1v) is 10.5. The summed E-state index contributed by atoms with van der Waals surface area (Å²) in [6, 6.07) is 0. The Hall–Kier alpha value is -0.530. The van der Waals surface area contributed by atoms with E-state index in [9.17, 15) is 9.90 Å². The summed E-state index contributed by atoms with van der Waals surface area (Å²) in [6.45, 7) is 0. The molecule has 1 N–H and O–H groups in total. The molecule has 3 fully saturated rings. The van der Waals surface area contributed by atoms with Gasteiger partial charge >= 0.3 is 5.97 Å². The number of hydrogen-bond acceptors (Lipinski definition) is 1.